The molecule has 1 heterocycles. The molecule has 120 valence electrons. The van der Waals surface area contributed by atoms with Gasteiger partial charge in [0.05, 0.1) is 5.56 Å². The number of anilines is 1. The van der Waals surface area contributed by atoms with Gasteiger partial charge in [-0.05, 0) is 42.7 Å². The predicted octanol–water partition coefficient (Wildman–Crippen LogP) is 4.04. The molecule has 3 nitrogen and oxygen atoms in total. The van der Waals surface area contributed by atoms with Crippen LogP contribution >= 0.6 is 0 Å². The maximum absolute atomic E-state index is 12.7. The molecule has 0 saturated heterocycles. The number of fused-ring (bicyclic) bond motifs is 1. The van der Waals surface area contributed by atoms with Crippen molar-refractivity contribution in [3.05, 3.63) is 59.7 Å². The summed E-state index contributed by atoms with van der Waals surface area (Å²) in [6, 6.07) is 12.0. The molecule has 1 aliphatic rings. The van der Waals surface area contributed by atoms with Gasteiger partial charge in [0.25, 0.3) is 5.91 Å². The van der Waals surface area contributed by atoms with Gasteiger partial charge in [0.2, 0.25) is 0 Å². The van der Waals surface area contributed by atoms with E-state index in [4.69, 9.17) is 4.74 Å². The van der Waals surface area contributed by atoms with Crippen LogP contribution in [0.5, 0.6) is 5.75 Å². The van der Waals surface area contributed by atoms with Crippen molar-refractivity contribution in [3.63, 3.8) is 0 Å². The fourth-order valence-corrected chi connectivity index (χ4v) is 2.50. The van der Waals surface area contributed by atoms with E-state index in [1.165, 1.54) is 12.1 Å². The van der Waals surface area contributed by atoms with Crippen LogP contribution in [0.1, 0.15) is 17.5 Å². The molecule has 6 heteroatoms. The number of amides is 1. The van der Waals surface area contributed by atoms with Gasteiger partial charge in [0.15, 0.2) is 6.10 Å². The molecule has 2 aromatic carbocycles. The summed E-state index contributed by atoms with van der Waals surface area (Å²) in [6.07, 6.45) is -3.97. The number of carbonyl (C=O) groups is 1. The number of aryl methyl sites for hydroxylation is 1. The van der Waals surface area contributed by atoms with E-state index in [2.05, 4.69) is 5.32 Å². The summed E-state index contributed by atoms with van der Waals surface area (Å²) >= 11 is 0. The Hall–Kier alpha value is -2.50. The Morgan fingerprint density at radius 3 is 2.70 bits per heavy atom. The van der Waals surface area contributed by atoms with Crippen LogP contribution in [0.15, 0.2) is 48.5 Å². The monoisotopic (exact) mass is 321 g/mol. The Balaban J connectivity index is 1.71. The van der Waals surface area contributed by atoms with Crippen LogP contribution in [-0.2, 0) is 17.4 Å². The van der Waals surface area contributed by atoms with Crippen LogP contribution in [0.3, 0.4) is 0 Å². The standard InChI is InChI=1S/C17H14F3NO2/c18-17(19,20)12-5-3-6-13(10-12)21-16(22)15-9-8-11-4-1-2-7-14(11)23-15/h1-7,10,15H,8-9H2,(H,21,22). The summed E-state index contributed by atoms with van der Waals surface area (Å²) in [5, 5.41) is 2.49. The average Bonchev–Trinajstić information content (AvgIpc) is 2.54. The molecule has 1 amide bonds. The third kappa shape index (κ3) is 3.47. The van der Waals surface area contributed by atoms with Crippen LogP contribution < -0.4 is 10.1 Å². The molecule has 0 fully saturated rings. The number of halogens is 3. The molecule has 1 N–H and O–H groups in total. The third-order valence-corrected chi connectivity index (χ3v) is 3.67. The molecule has 0 aliphatic carbocycles. The van der Waals surface area contributed by atoms with Gasteiger partial charge >= 0.3 is 6.18 Å². The minimum atomic E-state index is -4.44. The van der Waals surface area contributed by atoms with Crippen molar-refractivity contribution in [1.29, 1.82) is 0 Å². The molecule has 0 aromatic heterocycles. The van der Waals surface area contributed by atoms with Crippen LogP contribution in [0.25, 0.3) is 0 Å². The molecule has 1 unspecified atom stereocenters. The Labute approximate surface area is 131 Å². The molecular weight excluding hydrogens is 307 g/mol. The highest BCUT2D eigenvalue weighted by Crippen LogP contribution is 2.31. The Kier molecular flexibility index (Phi) is 3.98. The lowest BCUT2D eigenvalue weighted by Crippen LogP contribution is -2.35. The fraction of sp³-hybridized carbons (Fsp3) is 0.235. The molecule has 3 rings (SSSR count). The molecule has 0 bridgehead atoms. The van der Waals surface area contributed by atoms with Crippen LogP contribution in [0.2, 0.25) is 0 Å². The average molecular weight is 321 g/mol. The smallest absolute Gasteiger partial charge is 0.416 e. The summed E-state index contributed by atoms with van der Waals surface area (Å²) in [5.74, 6) is 0.196. The minimum Gasteiger partial charge on any atom is -0.480 e. The van der Waals surface area contributed by atoms with Gasteiger partial charge in [-0.25, -0.2) is 0 Å². The molecule has 23 heavy (non-hydrogen) atoms. The Morgan fingerprint density at radius 1 is 1.13 bits per heavy atom. The van der Waals surface area contributed by atoms with Gasteiger partial charge in [-0.1, -0.05) is 24.3 Å². The Bertz CT molecular complexity index is 728. The van der Waals surface area contributed by atoms with E-state index in [0.29, 0.717) is 18.6 Å². The van der Waals surface area contributed by atoms with Gasteiger partial charge in [0, 0.05) is 5.69 Å². The molecule has 0 saturated carbocycles. The second-order valence-corrected chi connectivity index (χ2v) is 5.32. The first-order valence-corrected chi connectivity index (χ1v) is 7.16. The van der Waals surface area contributed by atoms with Crippen LogP contribution in [-0.4, -0.2) is 12.0 Å². The molecule has 0 spiro atoms. The number of nitrogens with one attached hydrogen (secondary N) is 1. The van der Waals surface area contributed by atoms with Crippen molar-refractivity contribution < 1.29 is 22.7 Å². The van der Waals surface area contributed by atoms with Crippen molar-refractivity contribution in [2.24, 2.45) is 0 Å². The van der Waals surface area contributed by atoms with Gasteiger partial charge in [0.1, 0.15) is 5.75 Å². The zero-order valence-electron chi connectivity index (χ0n) is 12.1. The zero-order valence-corrected chi connectivity index (χ0v) is 12.1. The third-order valence-electron chi connectivity index (χ3n) is 3.67. The number of hydrogen-bond donors (Lipinski definition) is 1. The second-order valence-electron chi connectivity index (χ2n) is 5.32. The number of rotatable bonds is 2. The molecule has 2 aromatic rings. The summed E-state index contributed by atoms with van der Waals surface area (Å²) in [4.78, 5) is 12.2. The first-order chi connectivity index (χ1) is 10.9. The van der Waals surface area contributed by atoms with E-state index in [0.717, 1.165) is 17.7 Å². The molecule has 0 radical (unpaired) electrons. The summed E-state index contributed by atoms with van der Waals surface area (Å²) in [6.45, 7) is 0. The van der Waals surface area contributed by atoms with Crippen LogP contribution in [0, 0.1) is 0 Å². The van der Waals surface area contributed by atoms with Gasteiger partial charge in [-0.3, -0.25) is 4.79 Å². The molecule has 1 aliphatic heterocycles. The lowest BCUT2D eigenvalue weighted by molar-refractivity contribution is -0.137. The summed E-state index contributed by atoms with van der Waals surface area (Å²) in [5.41, 5.74) is 0.327. The number of ether oxygens (including phenoxy) is 1. The lowest BCUT2D eigenvalue weighted by atomic mass is 10.0. The molecular formula is C17H14F3NO2. The van der Waals surface area contributed by atoms with Crippen molar-refractivity contribution in [1.82, 2.24) is 0 Å². The van der Waals surface area contributed by atoms with Crippen molar-refractivity contribution >= 4 is 11.6 Å². The van der Waals surface area contributed by atoms with E-state index >= 15 is 0 Å². The number of alkyl halides is 3. The maximum atomic E-state index is 12.7. The van der Waals surface area contributed by atoms with Crippen molar-refractivity contribution in [2.45, 2.75) is 25.1 Å². The fourth-order valence-electron chi connectivity index (χ4n) is 2.50. The summed E-state index contributed by atoms with van der Waals surface area (Å²) < 4.78 is 43.7. The molecule has 1 atom stereocenters. The van der Waals surface area contributed by atoms with E-state index in [-0.39, 0.29) is 5.69 Å². The minimum absolute atomic E-state index is 0.104. The topological polar surface area (TPSA) is 38.3 Å². The predicted molar refractivity (Wildman–Crippen MR) is 79.3 cm³/mol. The zero-order chi connectivity index (χ0) is 16.4. The van der Waals surface area contributed by atoms with Crippen molar-refractivity contribution in [2.75, 3.05) is 5.32 Å². The second kappa shape index (κ2) is 5.95. The van der Waals surface area contributed by atoms with E-state index in [1.54, 1.807) is 6.07 Å². The van der Waals surface area contributed by atoms with E-state index in [9.17, 15) is 18.0 Å². The highest BCUT2D eigenvalue weighted by atomic mass is 19.4. The van der Waals surface area contributed by atoms with Gasteiger partial charge in [-0.15, -0.1) is 0 Å². The SMILES string of the molecule is O=C(Nc1cccc(C(F)(F)F)c1)C1CCc2ccccc2O1. The van der Waals surface area contributed by atoms with E-state index < -0.39 is 23.8 Å². The quantitative estimate of drug-likeness (QED) is 0.906. The van der Waals surface area contributed by atoms with Gasteiger partial charge in [-0.2, -0.15) is 13.2 Å². The normalized spacial score (nSPS) is 17.1. The van der Waals surface area contributed by atoms with Gasteiger partial charge < -0.3 is 10.1 Å². The van der Waals surface area contributed by atoms with Crippen LogP contribution in [0.4, 0.5) is 18.9 Å². The summed E-state index contributed by atoms with van der Waals surface area (Å²) in [7, 11) is 0. The number of carbonyl (C=O) groups excluding carboxylic acids is 1. The van der Waals surface area contributed by atoms with Crippen molar-refractivity contribution in [3.8, 4) is 5.75 Å². The highest BCUT2D eigenvalue weighted by molar-refractivity contribution is 5.94. The first-order valence-electron chi connectivity index (χ1n) is 7.16. The largest absolute Gasteiger partial charge is 0.480 e. The highest BCUT2D eigenvalue weighted by Gasteiger charge is 2.31. The maximum Gasteiger partial charge on any atom is 0.416 e. The number of hydrogen-bond acceptors (Lipinski definition) is 2. The first kappa shape index (κ1) is 15.4. The Morgan fingerprint density at radius 2 is 1.91 bits per heavy atom. The number of benzene rings is 2. The van der Waals surface area contributed by atoms with E-state index in [1.807, 2.05) is 18.2 Å². The number of para-hydroxylation sites is 1. The lowest BCUT2D eigenvalue weighted by Gasteiger charge is -2.25.